The van der Waals surface area contributed by atoms with Gasteiger partial charge in [-0.1, -0.05) is 12.1 Å². The fourth-order valence-corrected chi connectivity index (χ4v) is 2.49. The lowest BCUT2D eigenvalue weighted by molar-refractivity contribution is -0.135. The van der Waals surface area contributed by atoms with E-state index in [1.54, 1.807) is 29.2 Å². The van der Waals surface area contributed by atoms with Gasteiger partial charge in [-0.3, -0.25) is 9.59 Å². The molecule has 1 aromatic carbocycles. The summed E-state index contributed by atoms with van der Waals surface area (Å²) in [7, 11) is 0. The summed E-state index contributed by atoms with van der Waals surface area (Å²) in [6.45, 7) is 1.40. The minimum atomic E-state index is -0.151. The minimum absolute atomic E-state index is 0.0524. The monoisotopic (exact) mass is 259 g/mol. The van der Waals surface area contributed by atoms with Crippen molar-refractivity contribution >= 4 is 17.5 Å². The maximum atomic E-state index is 12.3. The predicted molar refractivity (Wildman–Crippen MR) is 71.5 cm³/mol. The lowest BCUT2D eigenvalue weighted by Gasteiger charge is -2.34. The van der Waals surface area contributed by atoms with Gasteiger partial charge in [-0.05, 0) is 25.0 Å². The number of amides is 2. The molecule has 1 aliphatic carbocycles. The summed E-state index contributed by atoms with van der Waals surface area (Å²) >= 11 is 0. The van der Waals surface area contributed by atoms with Crippen LogP contribution in [0.4, 0.5) is 5.69 Å². The second kappa shape index (κ2) is 4.57. The highest BCUT2D eigenvalue weighted by Crippen LogP contribution is 2.28. The zero-order valence-corrected chi connectivity index (χ0v) is 10.7. The molecule has 0 bridgehead atoms. The highest BCUT2D eigenvalue weighted by atomic mass is 16.2. The normalized spacial score (nSPS) is 19.7. The third kappa shape index (κ3) is 2.28. The molecule has 5 nitrogen and oxygen atoms in total. The molecule has 1 heterocycles. The Hall–Kier alpha value is -2.04. The molecule has 0 radical (unpaired) electrons. The smallest absolute Gasteiger partial charge is 0.256 e. The molecule has 0 spiro atoms. The average molecular weight is 259 g/mol. The summed E-state index contributed by atoms with van der Waals surface area (Å²) in [6.07, 6.45) is 2.20. The molecule has 19 heavy (non-hydrogen) atoms. The van der Waals surface area contributed by atoms with Crippen molar-refractivity contribution in [2.75, 3.05) is 25.4 Å². The third-order valence-electron chi connectivity index (χ3n) is 3.72. The second-order valence-electron chi connectivity index (χ2n) is 5.13. The Morgan fingerprint density at radius 3 is 2.58 bits per heavy atom. The van der Waals surface area contributed by atoms with Gasteiger partial charge in [0.15, 0.2) is 0 Å². The van der Waals surface area contributed by atoms with E-state index in [2.05, 4.69) is 0 Å². The van der Waals surface area contributed by atoms with Crippen LogP contribution in [0.2, 0.25) is 0 Å². The second-order valence-corrected chi connectivity index (χ2v) is 5.13. The summed E-state index contributed by atoms with van der Waals surface area (Å²) < 4.78 is 0. The van der Waals surface area contributed by atoms with Crippen LogP contribution in [0.3, 0.4) is 0 Å². The summed E-state index contributed by atoms with van der Waals surface area (Å²) in [5.74, 6) is -0.0986. The largest absolute Gasteiger partial charge is 0.398 e. The fourth-order valence-electron chi connectivity index (χ4n) is 2.49. The maximum Gasteiger partial charge on any atom is 0.256 e. The van der Waals surface area contributed by atoms with Crippen molar-refractivity contribution in [1.82, 2.24) is 9.80 Å². The van der Waals surface area contributed by atoms with Crippen LogP contribution in [-0.4, -0.2) is 47.3 Å². The van der Waals surface area contributed by atoms with E-state index in [-0.39, 0.29) is 18.4 Å². The molecule has 1 saturated heterocycles. The Balaban J connectivity index is 1.72. The van der Waals surface area contributed by atoms with Crippen LogP contribution in [-0.2, 0) is 4.79 Å². The Bertz CT molecular complexity index is 525. The highest BCUT2D eigenvalue weighted by molar-refractivity contribution is 6.01. The van der Waals surface area contributed by atoms with E-state index < -0.39 is 0 Å². The van der Waals surface area contributed by atoms with Crippen molar-refractivity contribution < 1.29 is 9.59 Å². The van der Waals surface area contributed by atoms with Crippen molar-refractivity contribution in [3.8, 4) is 0 Å². The molecular weight excluding hydrogens is 242 g/mol. The van der Waals surface area contributed by atoms with Crippen LogP contribution in [0.1, 0.15) is 23.2 Å². The Labute approximate surface area is 112 Å². The summed E-state index contributed by atoms with van der Waals surface area (Å²) in [5.41, 5.74) is 6.75. The van der Waals surface area contributed by atoms with Crippen LogP contribution in [0.25, 0.3) is 0 Å². The number of nitrogens with zero attached hydrogens (tertiary/aromatic N) is 2. The van der Waals surface area contributed by atoms with E-state index in [4.69, 9.17) is 5.73 Å². The molecule has 0 aromatic heterocycles. The first kappa shape index (κ1) is 12.0. The first-order chi connectivity index (χ1) is 9.16. The van der Waals surface area contributed by atoms with Crippen molar-refractivity contribution in [1.29, 1.82) is 0 Å². The number of benzene rings is 1. The quantitative estimate of drug-likeness (QED) is 0.796. The van der Waals surface area contributed by atoms with Crippen molar-refractivity contribution in [2.24, 2.45) is 0 Å². The molecule has 1 aliphatic heterocycles. The molecule has 0 unspecified atom stereocenters. The minimum Gasteiger partial charge on any atom is -0.398 e. The molecule has 1 saturated carbocycles. The number of anilines is 1. The molecule has 100 valence electrons. The number of hydrogen-bond acceptors (Lipinski definition) is 3. The number of nitrogens with two attached hydrogens (primary N) is 1. The Morgan fingerprint density at radius 1 is 1.21 bits per heavy atom. The fraction of sp³-hybridized carbons (Fsp3) is 0.429. The van der Waals surface area contributed by atoms with E-state index in [0.717, 1.165) is 12.8 Å². The van der Waals surface area contributed by atoms with Gasteiger partial charge in [-0.2, -0.15) is 0 Å². The van der Waals surface area contributed by atoms with E-state index in [1.165, 1.54) is 0 Å². The molecule has 3 rings (SSSR count). The zero-order valence-electron chi connectivity index (χ0n) is 10.7. The maximum absolute atomic E-state index is 12.3. The van der Waals surface area contributed by atoms with Crippen LogP contribution >= 0.6 is 0 Å². The first-order valence-electron chi connectivity index (χ1n) is 6.60. The van der Waals surface area contributed by atoms with E-state index in [1.807, 2.05) is 4.90 Å². The third-order valence-corrected chi connectivity index (χ3v) is 3.72. The molecule has 2 fully saturated rings. The van der Waals surface area contributed by atoms with Crippen LogP contribution in [0.5, 0.6) is 0 Å². The average Bonchev–Trinajstić information content (AvgIpc) is 3.23. The first-order valence-corrected chi connectivity index (χ1v) is 6.60. The standard InChI is InChI=1S/C14H17N3O2/c15-12-4-2-1-3-11(12)14(19)16-7-8-17(10-5-6-10)13(18)9-16/h1-4,10H,5-9,15H2. The van der Waals surface area contributed by atoms with Crippen LogP contribution < -0.4 is 5.73 Å². The van der Waals surface area contributed by atoms with Crippen molar-refractivity contribution in [3.05, 3.63) is 29.8 Å². The zero-order chi connectivity index (χ0) is 13.4. The summed E-state index contributed by atoms with van der Waals surface area (Å²) in [5, 5.41) is 0. The molecule has 2 amide bonds. The lowest BCUT2D eigenvalue weighted by atomic mass is 10.1. The van der Waals surface area contributed by atoms with Crippen LogP contribution in [0.15, 0.2) is 24.3 Å². The Morgan fingerprint density at radius 2 is 1.95 bits per heavy atom. The number of carbonyl (C=O) groups excluding carboxylic acids is 2. The van der Waals surface area contributed by atoms with Crippen molar-refractivity contribution in [3.63, 3.8) is 0 Å². The number of hydrogen-bond donors (Lipinski definition) is 1. The van der Waals surface area contributed by atoms with Crippen LogP contribution in [0, 0.1) is 0 Å². The lowest BCUT2D eigenvalue weighted by Crippen LogP contribution is -2.53. The number of rotatable bonds is 2. The highest BCUT2D eigenvalue weighted by Gasteiger charge is 2.37. The molecule has 0 atom stereocenters. The summed E-state index contributed by atoms with van der Waals surface area (Å²) in [6, 6.07) is 7.41. The van der Waals surface area contributed by atoms with Gasteiger partial charge in [0, 0.05) is 24.8 Å². The van der Waals surface area contributed by atoms with E-state index in [9.17, 15) is 9.59 Å². The van der Waals surface area contributed by atoms with Gasteiger partial charge in [0.2, 0.25) is 5.91 Å². The number of para-hydroxylation sites is 1. The van der Waals surface area contributed by atoms with Crippen molar-refractivity contribution in [2.45, 2.75) is 18.9 Å². The number of nitrogen functional groups attached to an aromatic ring is 1. The van der Waals surface area contributed by atoms with Gasteiger partial charge in [0.25, 0.3) is 5.91 Å². The number of carbonyl (C=O) groups is 2. The topological polar surface area (TPSA) is 66.6 Å². The van der Waals surface area contributed by atoms with Gasteiger partial charge < -0.3 is 15.5 Å². The van der Waals surface area contributed by atoms with Gasteiger partial charge in [-0.25, -0.2) is 0 Å². The number of piperazine rings is 1. The molecular formula is C14H17N3O2. The van der Waals surface area contributed by atoms with Gasteiger partial charge >= 0.3 is 0 Å². The SMILES string of the molecule is Nc1ccccc1C(=O)N1CCN(C2CC2)C(=O)C1. The molecule has 1 aromatic rings. The molecule has 2 N–H and O–H groups in total. The Kier molecular flexibility index (Phi) is 2.89. The predicted octanol–water partition coefficient (Wildman–Crippen LogP) is 0.716. The molecule has 2 aliphatic rings. The van der Waals surface area contributed by atoms with Gasteiger partial charge in [0.05, 0.1) is 5.56 Å². The summed E-state index contributed by atoms with van der Waals surface area (Å²) in [4.78, 5) is 27.8. The van der Waals surface area contributed by atoms with Gasteiger partial charge in [0.1, 0.15) is 6.54 Å². The molecule has 5 heteroatoms. The van der Waals surface area contributed by atoms with Gasteiger partial charge in [-0.15, -0.1) is 0 Å². The van der Waals surface area contributed by atoms with E-state index in [0.29, 0.717) is 30.4 Å². The van der Waals surface area contributed by atoms with E-state index >= 15 is 0 Å².